The highest BCUT2D eigenvalue weighted by Gasteiger charge is 2.13. The normalized spacial score (nSPS) is 11.6. The Morgan fingerprint density at radius 1 is 1.25 bits per heavy atom. The molecule has 0 aliphatic carbocycles. The Balaban J connectivity index is 2.88. The summed E-state index contributed by atoms with van der Waals surface area (Å²) < 4.78 is 0. The van der Waals surface area contributed by atoms with Gasteiger partial charge in [0.2, 0.25) is 0 Å². The Kier molecular flexibility index (Phi) is 4.19. The molecular weight excluding hydrogens is 222 g/mol. The number of allylic oxidation sites excluding steroid dienone is 1. The van der Waals surface area contributed by atoms with Crippen molar-refractivity contribution in [1.82, 2.24) is 0 Å². The van der Waals surface area contributed by atoms with Gasteiger partial charge < -0.3 is 10.4 Å². The summed E-state index contributed by atoms with van der Waals surface area (Å²) in [5, 5.41) is 12.3. The van der Waals surface area contributed by atoms with Gasteiger partial charge >= 0.3 is 0 Å². The monoisotopic (exact) mass is 235 g/mol. The minimum Gasteiger partial charge on any atom is -0.512 e. The quantitative estimate of drug-likeness (QED) is 0.480. The molecule has 1 aromatic carbocycles. The zero-order chi connectivity index (χ0) is 12.1. The van der Waals surface area contributed by atoms with E-state index in [0.29, 0.717) is 0 Å². The summed E-state index contributed by atoms with van der Waals surface area (Å²) in [5.74, 6) is -0.325. The van der Waals surface area contributed by atoms with E-state index in [2.05, 4.69) is 5.32 Å². The molecule has 0 amide bonds. The van der Waals surface area contributed by atoms with E-state index >= 15 is 0 Å². The minimum atomic E-state index is -0.256. The van der Waals surface area contributed by atoms with Crippen LogP contribution in [0.3, 0.4) is 0 Å². The number of benzene rings is 1. The first-order valence-corrected chi connectivity index (χ1v) is 5.20. The van der Waals surface area contributed by atoms with Crippen LogP contribution in [0, 0.1) is 0 Å². The molecule has 3 nitrogen and oxygen atoms in total. The molecule has 2 N–H and O–H groups in total. The number of Topliss-reactive ketones (excluding diaryl/α,β-unsaturated/α-hetero) is 1. The van der Waals surface area contributed by atoms with E-state index in [1.165, 1.54) is 13.8 Å². The number of nitrogens with one attached hydrogen (secondary N) is 1. The highest BCUT2D eigenvalue weighted by Crippen LogP contribution is 2.11. The van der Waals surface area contributed by atoms with Gasteiger partial charge in [0.1, 0.15) is 10.7 Å². The van der Waals surface area contributed by atoms with Crippen molar-refractivity contribution in [2.24, 2.45) is 0 Å². The lowest BCUT2D eigenvalue weighted by atomic mass is 10.1. The van der Waals surface area contributed by atoms with Crippen LogP contribution in [0.4, 0.5) is 5.69 Å². The number of carbonyl (C=O) groups is 1. The molecular formula is C12H13NO2S. The fourth-order valence-electron chi connectivity index (χ4n) is 1.29. The molecule has 0 spiro atoms. The van der Waals surface area contributed by atoms with Crippen LogP contribution in [0.5, 0.6) is 0 Å². The Morgan fingerprint density at radius 2 is 1.81 bits per heavy atom. The van der Waals surface area contributed by atoms with Gasteiger partial charge in [-0.25, -0.2) is 0 Å². The number of ketones is 1. The van der Waals surface area contributed by atoms with Gasteiger partial charge in [-0.3, -0.25) is 4.79 Å². The predicted octanol–water partition coefficient (Wildman–Crippen LogP) is 2.85. The topological polar surface area (TPSA) is 49.3 Å². The Labute approximate surface area is 99.8 Å². The van der Waals surface area contributed by atoms with Gasteiger partial charge in [-0.1, -0.05) is 30.4 Å². The number of hydrogen-bond donors (Lipinski definition) is 2. The van der Waals surface area contributed by atoms with Gasteiger partial charge in [-0.15, -0.1) is 0 Å². The molecule has 0 unspecified atom stereocenters. The van der Waals surface area contributed by atoms with Crippen LogP contribution in [-0.4, -0.2) is 15.9 Å². The number of anilines is 1. The zero-order valence-corrected chi connectivity index (χ0v) is 9.97. The highest BCUT2D eigenvalue weighted by atomic mass is 32.1. The van der Waals surface area contributed by atoms with Gasteiger partial charge in [-0.05, 0) is 26.0 Å². The predicted molar refractivity (Wildman–Crippen MR) is 68.7 cm³/mol. The number of thiocarbonyl (C=S) groups is 1. The van der Waals surface area contributed by atoms with Crippen molar-refractivity contribution in [2.45, 2.75) is 13.8 Å². The standard InChI is InChI=1S/C12H13NO2S/c1-8(14)11(9(2)15)12(16)13-10-6-4-3-5-7-10/h3-7,14H,1-2H3,(H,13,16)/b11-8-. The Morgan fingerprint density at radius 3 is 2.25 bits per heavy atom. The maximum absolute atomic E-state index is 11.3. The second-order valence-corrected chi connectivity index (χ2v) is 3.74. The fraction of sp³-hybridized carbons (Fsp3) is 0.167. The van der Waals surface area contributed by atoms with Crippen molar-refractivity contribution < 1.29 is 9.90 Å². The first-order valence-electron chi connectivity index (χ1n) is 4.79. The van der Waals surface area contributed by atoms with Crippen LogP contribution in [0.15, 0.2) is 41.7 Å². The van der Waals surface area contributed by atoms with E-state index in [9.17, 15) is 9.90 Å². The highest BCUT2D eigenvalue weighted by molar-refractivity contribution is 7.81. The summed E-state index contributed by atoms with van der Waals surface area (Å²) in [7, 11) is 0. The van der Waals surface area contributed by atoms with E-state index < -0.39 is 0 Å². The first kappa shape index (κ1) is 12.4. The van der Waals surface area contributed by atoms with Gasteiger partial charge in [0, 0.05) is 5.69 Å². The summed E-state index contributed by atoms with van der Waals surface area (Å²) in [6.07, 6.45) is 0. The lowest BCUT2D eigenvalue weighted by molar-refractivity contribution is -0.113. The van der Waals surface area contributed by atoms with Crippen molar-refractivity contribution in [3.05, 3.63) is 41.7 Å². The molecule has 0 saturated carbocycles. The SMILES string of the molecule is CC(=O)/C(C(=S)Nc1ccccc1)=C(\C)O. The maximum atomic E-state index is 11.3. The minimum absolute atomic E-state index is 0.0686. The van der Waals surface area contributed by atoms with Gasteiger partial charge in [0.05, 0.1) is 5.57 Å². The van der Waals surface area contributed by atoms with Crippen LogP contribution in [0.2, 0.25) is 0 Å². The number of hydrogen-bond acceptors (Lipinski definition) is 3. The number of rotatable bonds is 3. The molecule has 0 heterocycles. The second kappa shape index (κ2) is 5.42. The number of aliphatic hydroxyl groups is 1. The summed E-state index contributed by atoms with van der Waals surface area (Å²) in [6.45, 7) is 2.81. The van der Waals surface area contributed by atoms with Crippen molar-refractivity contribution >= 4 is 28.7 Å². The van der Waals surface area contributed by atoms with Crippen molar-refractivity contribution in [3.63, 3.8) is 0 Å². The first-order chi connectivity index (χ1) is 7.52. The summed E-state index contributed by atoms with van der Waals surface area (Å²) in [5.41, 5.74) is 0.936. The van der Waals surface area contributed by atoms with E-state index in [-0.39, 0.29) is 22.1 Å². The fourth-order valence-corrected chi connectivity index (χ4v) is 1.70. The molecule has 0 atom stereocenters. The number of carbonyl (C=O) groups excluding carboxylic acids is 1. The molecule has 0 bridgehead atoms. The smallest absolute Gasteiger partial charge is 0.166 e. The van der Waals surface area contributed by atoms with Crippen LogP contribution < -0.4 is 5.32 Å². The molecule has 0 aromatic heterocycles. The number of aliphatic hydroxyl groups excluding tert-OH is 1. The van der Waals surface area contributed by atoms with Crippen LogP contribution in [0.25, 0.3) is 0 Å². The Hall–Kier alpha value is -1.68. The summed E-state index contributed by atoms with van der Waals surface area (Å²) in [6, 6.07) is 9.25. The summed E-state index contributed by atoms with van der Waals surface area (Å²) >= 11 is 5.06. The largest absolute Gasteiger partial charge is 0.512 e. The van der Waals surface area contributed by atoms with Crippen LogP contribution in [0.1, 0.15) is 13.8 Å². The third-order valence-electron chi connectivity index (χ3n) is 1.97. The lowest BCUT2D eigenvalue weighted by Crippen LogP contribution is -2.18. The molecule has 4 heteroatoms. The van der Waals surface area contributed by atoms with E-state index in [0.717, 1.165) is 5.69 Å². The maximum Gasteiger partial charge on any atom is 0.166 e. The third-order valence-corrected chi connectivity index (χ3v) is 2.28. The average Bonchev–Trinajstić information content (AvgIpc) is 2.17. The van der Waals surface area contributed by atoms with Gasteiger partial charge in [0.25, 0.3) is 0 Å². The van der Waals surface area contributed by atoms with Crippen molar-refractivity contribution in [1.29, 1.82) is 0 Å². The van der Waals surface area contributed by atoms with E-state index in [1.54, 1.807) is 0 Å². The zero-order valence-electron chi connectivity index (χ0n) is 9.15. The second-order valence-electron chi connectivity index (χ2n) is 3.34. The summed E-state index contributed by atoms with van der Waals surface area (Å²) in [4.78, 5) is 11.5. The lowest BCUT2D eigenvalue weighted by Gasteiger charge is -2.09. The Bertz CT molecular complexity index is 434. The van der Waals surface area contributed by atoms with Crippen molar-refractivity contribution in [2.75, 3.05) is 5.32 Å². The van der Waals surface area contributed by atoms with Gasteiger partial charge in [-0.2, -0.15) is 0 Å². The molecule has 0 aliphatic rings. The molecule has 0 saturated heterocycles. The molecule has 84 valence electrons. The molecule has 1 rings (SSSR count). The third kappa shape index (κ3) is 3.17. The molecule has 0 radical (unpaired) electrons. The molecule has 16 heavy (non-hydrogen) atoms. The van der Waals surface area contributed by atoms with Crippen LogP contribution in [-0.2, 0) is 4.79 Å². The van der Waals surface area contributed by atoms with Crippen LogP contribution >= 0.6 is 12.2 Å². The van der Waals surface area contributed by atoms with Crippen molar-refractivity contribution in [3.8, 4) is 0 Å². The van der Waals surface area contributed by atoms with E-state index in [1.807, 2.05) is 30.3 Å². The molecule has 0 fully saturated rings. The molecule has 1 aromatic rings. The average molecular weight is 235 g/mol. The van der Waals surface area contributed by atoms with E-state index in [4.69, 9.17) is 12.2 Å². The number of para-hydroxylation sites is 1. The van der Waals surface area contributed by atoms with Gasteiger partial charge in [0.15, 0.2) is 5.78 Å². The molecule has 0 aliphatic heterocycles.